The van der Waals surface area contributed by atoms with E-state index < -0.39 is 39.6 Å². The number of nitrogens with one attached hydrogen (secondary N) is 1. The third-order valence-corrected chi connectivity index (χ3v) is 2.71. The van der Waals surface area contributed by atoms with Gasteiger partial charge in [0.25, 0.3) is 5.56 Å². The predicted octanol–water partition coefficient (Wildman–Crippen LogP) is 2.34. The van der Waals surface area contributed by atoms with E-state index in [0.29, 0.717) is 6.07 Å². The van der Waals surface area contributed by atoms with Gasteiger partial charge in [-0.15, -0.1) is 0 Å². The number of hydrogen-bond acceptors (Lipinski definition) is 2. The summed E-state index contributed by atoms with van der Waals surface area (Å²) in [4.78, 5) is 24.9. The fourth-order valence-corrected chi connectivity index (χ4v) is 1.78. The van der Waals surface area contributed by atoms with Gasteiger partial charge in [0.15, 0.2) is 5.15 Å². The molecule has 0 bridgehead atoms. The van der Waals surface area contributed by atoms with Crippen LogP contribution in [0.1, 0.15) is 5.56 Å². The van der Waals surface area contributed by atoms with Crippen molar-refractivity contribution < 1.29 is 17.6 Å². The molecular formula is C11H5ClF4N2O2. The maximum absolute atomic E-state index is 13.4. The van der Waals surface area contributed by atoms with E-state index in [2.05, 4.69) is 0 Å². The molecule has 0 radical (unpaired) electrons. The minimum Gasteiger partial charge on any atom is -0.295 e. The van der Waals surface area contributed by atoms with E-state index in [1.54, 1.807) is 4.98 Å². The monoisotopic (exact) mass is 308 g/mol. The van der Waals surface area contributed by atoms with Crippen LogP contribution in [0.2, 0.25) is 5.15 Å². The minimum atomic E-state index is -4.81. The molecule has 0 aliphatic rings. The lowest BCUT2D eigenvalue weighted by atomic mass is 10.1. The lowest BCUT2D eigenvalue weighted by molar-refractivity contribution is -0.137. The maximum Gasteiger partial charge on any atom is 0.418 e. The largest absolute Gasteiger partial charge is 0.418 e. The summed E-state index contributed by atoms with van der Waals surface area (Å²) in [5, 5.41) is -0.860. The fourth-order valence-electron chi connectivity index (χ4n) is 1.62. The fraction of sp³-hybridized carbons (Fsp3) is 0.0909. The predicted molar refractivity (Wildman–Crippen MR) is 62.6 cm³/mol. The number of benzene rings is 1. The van der Waals surface area contributed by atoms with E-state index >= 15 is 0 Å². The van der Waals surface area contributed by atoms with Crippen molar-refractivity contribution in [3.8, 4) is 5.69 Å². The number of aromatic nitrogens is 2. The summed E-state index contributed by atoms with van der Waals surface area (Å²) in [6.45, 7) is 0. The van der Waals surface area contributed by atoms with E-state index in [-0.39, 0.29) is 4.57 Å². The van der Waals surface area contributed by atoms with E-state index in [0.717, 1.165) is 12.1 Å². The van der Waals surface area contributed by atoms with Crippen molar-refractivity contribution in [3.05, 3.63) is 61.6 Å². The van der Waals surface area contributed by atoms with Gasteiger partial charge >= 0.3 is 11.9 Å². The first-order valence-corrected chi connectivity index (χ1v) is 5.48. The third kappa shape index (κ3) is 2.34. The first-order chi connectivity index (χ1) is 9.23. The Labute approximate surface area is 113 Å². The number of rotatable bonds is 1. The molecule has 2 aromatic rings. The lowest BCUT2D eigenvalue weighted by Crippen LogP contribution is -2.37. The Morgan fingerprint density at radius 1 is 1.15 bits per heavy atom. The Balaban J connectivity index is 2.88. The van der Waals surface area contributed by atoms with Crippen molar-refractivity contribution in [2.75, 3.05) is 0 Å². The van der Waals surface area contributed by atoms with Crippen LogP contribution in [0.15, 0.2) is 33.9 Å². The molecule has 1 N–H and O–H groups in total. The lowest BCUT2D eigenvalue weighted by Gasteiger charge is -2.13. The number of nitrogens with zero attached hydrogens (tertiary/aromatic N) is 1. The summed E-state index contributed by atoms with van der Waals surface area (Å²) < 4.78 is 51.9. The summed E-state index contributed by atoms with van der Waals surface area (Å²) in [7, 11) is 0. The zero-order chi connectivity index (χ0) is 15.1. The molecule has 1 aromatic carbocycles. The molecule has 0 aliphatic carbocycles. The van der Waals surface area contributed by atoms with Crippen LogP contribution in [0.5, 0.6) is 0 Å². The van der Waals surface area contributed by atoms with E-state index in [1.165, 1.54) is 6.07 Å². The Morgan fingerprint density at radius 3 is 2.35 bits per heavy atom. The second-order valence-corrected chi connectivity index (χ2v) is 4.09. The number of para-hydroxylation sites is 1. The van der Waals surface area contributed by atoms with Crippen LogP contribution in [0, 0.1) is 5.82 Å². The molecular weight excluding hydrogens is 304 g/mol. The molecule has 0 spiro atoms. The number of halogens is 5. The Bertz CT molecular complexity index is 779. The summed E-state index contributed by atoms with van der Waals surface area (Å²) >= 11 is 5.24. The van der Waals surface area contributed by atoms with Crippen LogP contribution >= 0.6 is 11.6 Å². The summed E-state index contributed by atoms with van der Waals surface area (Å²) in [6.07, 6.45) is -4.81. The average Bonchev–Trinajstić information content (AvgIpc) is 2.35. The normalized spacial score (nSPS) is 11.7. The number of H-pyrrole nitrogens is 1. The smallest absolute Gasteiger partial charge is 0.295 e. The highest BCUT2D eigenvalue weighted by Crippen LogP contribution is 2.32. The van der Waals surface area contributed by atoms with Gasteiger partial charge in [-0.05, 0) is 12.1 Å². The summed E-state index contributed by atoms with van der Waals surface area (Å²) in [5.41, 5.74) is -4.84. The van der Waals surface area contributed by atoms with E-state index in [9.17, 15) is 27.2 Å². The van der Waals surface area contributed by atoms with E-state index in [4.69, 9.17) is 11.6 Å². The topological polar surface area (TPSA) is 54.9 Å². The molecule has 0 unspecified atom stereocenters. The standard InChI is InChI=1S/C11H5ClF4N2O2/c12-8-7(13)9(19)18(10(20)17-8)6-4-2-1-3-5(6)11(14,15)16/h1-4H,(H,17,20). The van der Waals surface area contributed by atoms with Crippen LogP contribution in [0.4, 0.5) is 17.6 Å². The quantitative estimate of drug-likeness (QED) is 0.649. The molecule has 0 atom stereocenters. The molecule has 0 amide bonds. The van der Waals surface area contributed by atoms with Crippen molar-refractivity contribution >= 4 is 11.6 Å². The van der Waals surface area contributed by atoms with Crippen molar-refractivity contribution in [2.24, 2.45) is 0 Å². The Kier molecular flexibility index (Phi) is 3.43. The van der Waals surface area contributed by atoms with Crippen LogP contribution in [-0.2, 0) is 6.18 Å². The second-order valence-electron chi connectivity index (χ2n) is 3.71. The SMILES string of the molecule is O=c1[nH]c(Cl)c(F)c(=O)n1-c1ccccc1C(F)(F)F. The zero-order valence-electron chi connectivity index (χ0n) is 9.46. The maximum atomic E-state index is 13.4. The van der Waals surface area contributed by atoms with Gasteiger partial charge in [0.2, 0.25) is 5.82 Å². The highest BCUT2D eigenvalue weighted by molar-refractivity contribution is 6.29. The molecule has 1 aromatic heterocycles. The molecule has 20 heavy (non-hydrogen) atoms. The van der Waals surface area contributed by atoms with Gasteiger partial charge in [-0.3, -0.25) is 9.78 Å². The van der Waals surface area contributed by atoms with Gasteiger partial charge in [0.05, 0.1) is 11.3 Å². The first kappa shape index (κ1) is 14.3. The number of hydrogen-bond donors (Lipinski definition) is 1. The summed E-state index contributed by atoms with van der Waals surface area (Å²) in [6, 6.07) is 3.82. The molecule has 0 aliphatic heterocycles. The van der Waals surface area contributed by atoms with Gasteiger partial charge in [-0.1, -0.05) is 23.7 Å². The molecule has 1 heterocycles. The van der Waals surface area contributed by atoms with E-state index in [1.807, 2.05) is 0 Å². The molecule has 0 saturated heterocycles. The van der Waals surface area contributed by atoms with Gasteiger partial charge in [-0.2, -0.15) is 17.6 Å². The van der Waals surface area contributed by atoms with Crippen molar-refractivity contribution in [3.63, 3.8) is 0 Å². The third-order valence-electron chi connectivity index (χ3n) is 2.45. The molecule has 9 heteroatoms. The van der Waals surface area contributed by atoms with Crippen LogP contribution in [-0.4, -0.2) is 9.55 Å². The highest BCUT2D eigenvalue weighted by Gasteiger charge is 2.34. The van der Waals surface area contributed by atoms with Crippen molar-refractivity contribution in [1.29, 1.82) is 0 Å². The number of aromatic amines is 1. The molecule has 2 rings (SSSR count). The first-order valence-electron chi connectivity index (χ1n) is 5.10. The van der Waals surface area contributed by atoms with Crippen LogP contribution in [0.3, 0.4) is 0 Å². The second kappa shape index (κ2) is 4.78. The summed E-state index contributed by atoms with van der Waals surface area (Å²) in [5.74, 6) is -1.54. The highest BCUT2D eigenvalue weighted by atomic mass is 35.5. The number of alkyl halides is 3. The molecule has 4 nitrogen and oxygen atoms in total. The Morgan fingerprint density at radius 2 is 1.75 bits per heavy atom. The molecule has 0 fully saturated rings. The zero-order valence-corrected chi connectivity index (χ0v) is 10.2. The van der Waals surface area contributed by atoms with Gasteiger partial charge in [0, 0.05) is 0 Å². The Hall–Kier alpha value is -2.09. The van der Waals surface area contributed by atoms with Gasteiger partial charge < -0.3 is 0 Å². The molecule has 106 valence electrons. The minimum absolute atomic E-state index is 0.0457. The van der Waals surface area contributed by atoms with Crippen LogP contribution in [0.25, 0.3) is 5.69 Å². The van der Waals surface area contributed by atoms with Crippen LogP contribution < -0.4 is 11.2 Å². The van der Waals surface area contributed by atoms with Crippen molar-refractivity contribution in [1.82, 2.24) is 9.55 Å². The van der Waals surface area contributed by atoms with Crippen molar-refractivity contribution in [2.45, 2.75) is 6.18 Å². The average molecular weight is 309 g/mol. The van der Waals surface area contributed by atoms with Gasteiger partial charge in [0.1, 0.15) is 0 Å². The molecule has 0 saturated carbocycles. The van der Waals surface area contributed by atoms with Gasteiger partial charge in [-0.25, -0.2) is 9.36 Å².